The van der Waals surface area contributed by atoms with Gasteiger partial charge in [0.1, 0.15) is 0 Å². The normalized spacial score (nSPS) is 12.1. The molecular formula is C11H8F4O3. The third-order valence-corrected chi connectivity index (χ3v) is 1.99. The van der Waals surface area contributed by atoms with Crippen LogP contribution in [-0.4, -0.2) is 24.5 Å². The number of ketones is 1. The highest BCUT2D eigenvalue weighted by Gasteiger charge is 2.29. The summed E-state index contributed by atoms with van der Waals surface area (Å²) in [5.74, 6) is -8.03. The molecule has 1 aromatic carbocycles. The zero-order chi connectivity index (χ0) is 13.9. The van der Waals surface area contributed by atoms with E-state index in [1.807, 2.05) is 0 Å². The number of benzene rings is 1. The molecule has 0 aliphatic heterocycles. The first-order chi connectivity index (χ1) is 8.38. The molecule has 0 fully saturated rings. The second-order valence-corrected chi connectivity index (χ2v) is 3.23. The molecule has 0 saturated heterocycles. The van der Waals surface area contributed by atoms with Crippen molar-refractivity contribution in [2.45, 2.75) is 13.1 Å². The molecule has 0 spiro atoms. The van der Waals surface area contributed by atoms with Gasteiger partial charge in [-0.3, -0.25) is 4.79 Å². The third-order valence-electron chi connectivity index (χ3n) is 1.99. The highest BCUT2D eigenvalue weighted by atomic mass is 19.2. The highest BCUT2D eigenvalue weighted by molar-refractivity contribution is 6.11. The van der Waals surface area contributed by atoms with Gasteiger partial charge >= 0.3 is 5.97 Å². The summed E-state index contributed by atoms with van der Waals surface area (Å²) >= 11 is 0. The van der Waals surface area contributed by atoms with Crippen LogP contribution < -0.4 is 0 Å². The SMILES string of the molecule is CCOC(=O)C(F)C(=O)c1cc(F)c(F)c(F)c1. The molecule has 0 heterocycles. The maximum absolute atomic E-state index is 13.3. The number of Topliss-reactive ketones (excluding diaryl/α,β-unsaturated/α-hetero) is 1. The van der Waals surface area contributed by atoms with Gasteiger partial charge in [-0.2, -0.15) is 0 Å². The minimum absolute atomic E-state index is 0.154. The van der Waals surface area contributed by atoms with Crippen molar-refractivity contribution in [1.29, 1.82) is 0 Å². The fourth-order valence-electron chi connectivity index (χ4n) is 1.17. The van der Waals surface area contributed by atoms with E-state index >= 15 is 0 Å². The van der Waals surface area contributed by atoms with Gasteiger partial charge in [0.05, 0.1) is 6.61 Å². The van der Waals surface area contributed by atoms with Crippen molar-refractivity contribution < 1.29 is 31.9 Å². The zero-order valence-electron chi connectivity index (χ0n) is 9.18. The van der Waals surface area contributed by atoms with Crippen LogP contribution in [0.1, 0.15) is 17.3 Å². The predicted molar refractivity (Wildman–Crippen MR) is 52.2 cm³/mol. The van der Waals surface area contributed by atoms with Crippen LogP contribution >= 0.6 is 0 Å². The number of ether oxygens (including phenoxy) is 1. The van der Waals surface area contributed by atoms with Gasteiger partial charge in [0, 0.05) is 5.56 Å². The lowest BCUT2D eigenvalue weighted by atomic mass is 10.1. The number of rotatable bonds is 4. The zero-order valence-corrected chi connectivity index (χ0v) is 9.18. The predicted octanol–water partition coefficient (Wildman–Crippen LogP) is 2.19. The smallest absolute Gasteiger partial charge is 0.348 e. The van der Waals surface area contributed by atoms with Gasteiger partial charge in [0.2, 0.25) is 5.78 Å². The first-order valence-corrected chi connectivity index (χ1v) is 4.88. The second-order valence-electron chi connectivity index (χ2n) is 3.23. The fraction of sp³-hybridized carbons (Fsp3) is 0.273. The molecule has 0 saturated carbocycles. The second kappa shape index (κ2) is 5.61. The van der Waals surface area contributed by atoms with Crippen molar-refractivity contribution in [3.8, 4) is 0 Å². The summed E-state index contributed by atoms with van der Waals surface area (Å²) in [6.07, 6.45) is -2.70. The summed E-state index contributed by atoms with van der Waals surface area (Å²) in [4.78, 5) is 22.3. The molecule has 0 aliphatic rings. The molecule has 3 nitrogen and oxygen atoms in total. The fourth-order valence-corrected chi connectivity index (χ4v) is 1.17. The van der Waals surface area contributed by atoms with Crippen molar-refractivity contribution in [2.75, 3.05) is 6.61 Å². The van der Waals surface area contributed by atoms with Gasteiger partial charge in [0.25, 0.3) is 6.17 Å². The van der Waals surface area contributed by atoms with Crippen LogP contribution in [-0.2, 0) is 9.53 Å². The van der Waals surface area contributed by atoms with E-state index in [2.05, 4.69) is 4.74 Å². The number of carbonyl (C=O) groups is 2. The minimum Gasteiger partial charge on any atom is -0.463 e. The standard InChI is InChI=1S/C11H8F4O3/c1-2-18-11(17)9(15)10(16)5-3-6(12)8(14)7(13)4-5/h3-4,9H,2H2,1H3. The Labute approximate surface area is 99.4 Å². The lowest BCUT2D eigenvalue weighted by Crippen LogP contribution is -2.28. The molecule has 1 aromatic rings. The summed E-state index contributed by atoms with van der Waals surface area (Å²) in [7, 11) is 0. The van der Waals surface area contributed by atoms with Crippen LogP contribution in [0.3, 0.4) is 0 Å². The number of esters is 1. The first kappa shape index (κ1) is 14.1. The highest BCUT2D eigenvalue weighted by Crippen LogP contribution is 2.16. The Bertz CT molecular complexity index is 464. The van der Waals surface area contributed by atoms with E-state index < -0.39 is 40.9 Å². The van der Waals surface area contributed by atoms with Crippen molar-refractivity contribution in [3.05, 3.63) is 35.1 Å². The summed E-state index contributed by atoms with van der Waals surface area (Å²) in [6, 6.07) is 0.624. The van der Waals surface area contributed by atoms with E-state index in [1.54, 1.807) is 0 Å². The van der Waals surface area contributed by atoms with Crippen LogP contribution in [0, 0.1) is 17.5 Å². The number of carbonyl (C=O) groups excluding carboxylic acids is 2. The molecule has 18 heavy (non-hydrogen) atoms. The number of halogens is 4. The average Bonchev–Trinajstić information content (AvgIpc) is 2.33. The summed E-state index contributed by atoms with van der Waals surface area (Å²) in [6.45, 7) is 1.24. The Morgan fingerprint density at radius 3 is 2.17 bits per heavy atom. The lowest BCUT2D eigenvalue weighted by molar-refractivity contribution is -0.147. The maximum Gasteiger partial charge on any atom is 0.348 e. The Morgan fingerprint density at radius 2 is 1.72 bits per heavy atom. The molecule has 0 bridgehead atoms. The summed E-state index contributed by atoms with van der Waals surface area (Å²) in [5, 5.41) is 0. The molecule has 98 valence electrons. The molecule has 0 amide bonds. The first-order valence-electron chi connectivity index (χ1n) is 4.88. The van der Waals surface area contributed by atoms with Gasteiger partial charge < -0.3 is 4.74 Å². The summed E-state index contributed by atoms with van der Waals surface area (Å²) in [5.41, 5.74) is -0.785. The van der Waals surface area contributed by atoms with Crippen LogP contribution in [0.25, 0.3) is 0 Å². The van der Waals surface area contributed by atoms with E-state index in [0.29, 0.717) is 12.1 Å². The van der Waals surface area contributed by atoms with Gasteiger partial charge in [-0.1, -0.05) is 0 Å². The van der Waals surface area contributed by atoms with Gasteiger partial charge in [-0.15, -0.1) is 0 Å². The third kappa shape index (κ3) is 2.85. The average molecular weight is 264 g/mol. The molecular weight excluding hydrogens is 256 g/mol. The van der Waals surface area contributed by atoms with E-state index in [-0.39, 0.29) is 6.61 Å². The quantitative estimate of drug-likeness (QED) is 0.275. The van der Waals surface area contributed by atoms with Crippen molar-refractivity contribution in [3.63, 3.8) is 0 Å². The maximum atomic E-state index is 13.3. The molecule has 0 aromatic heterocycles. The van der Waals surface area contributed by atoms with Crippen molar-refractivity contribution in [2.24, 2.45) is 0 Å². The molecule has 1 atom stereocenters. The molecule has 0 N–H and O–H groups in total. The number of alkyl halides is 1. The van der Waals surface area contributed by atoms with E-state index in [1.165, 1.54) is 6.92 Å². The largest absolute Gasteiger partial charge is 0.463 e. The Hall–Kier alpha value is -1.92. The Kier molecular flexibility index (Phi) is 4.41. The monoisotopic (exact) mass is 264 g/mol. The Balaban J connectivity index is 3.01. The molecule has 0 radical (unpaired) electrons. The van der Waals surface area contributed by atoms with Crippen LogP contribution in [0.15, 0.2) is 12.1 Å². The topological polar surface area (TPSA) is 43.4 Å². The van der Waals surface area contributed by atoms with E-state index in [0.717, 1.165) is 0 Å². The lowest BCUT2D eigenvalue weighted by Gasteiger charge is -2.07. The molecule has 0 aliphatic carbocycles. The number of hydrogen-bond acceptors (Lipinski definition) is 3. The van der Waals surface area contributed by atoms with Crippen LogP contribution in [0.4, 0.5) is 17.6 Å². The van der Waals surface area contributed by atoms with Crippen molar-refractivity contribution >= 4 is 11.8 Å². The van der Waals surface area contributed by atoms with Crippen molar-refractivity contribution in [1.82, 2.24) is 0 Å². The summed E-state index contributed by atoms with van der Waals surface area (Å²) < 4.78 is 55.7. The molecule has 1 rings (SSSR count). The van der Waals surface area contributed by atoms with Crippen LogP contribution in [0.5, 0.6) is 0 Å². The number of hydrogen-bond donors (Lipinski definition) is 0. The minimum atomic E-state index is -2.70. The van der Waals surface area contributed by atoms with E-state index in [4.69, 9.17) is 0 Å². The van der Waals surface area contributed by atoms with Gasteiger partial charge in [0.15, 0.2) is 17.5 Å². The van der Waals surface area contributed by atoms with Gasteiger partial charge in [-0.05, 0) is 19.1 Å². The van der Waals surface area contributed by atoms with E-state index in [9.17, 15) is 27.2 Å². The van der Waals surface area contributed by atoms with Crippen LogP contribution in [0.2, 0.25) is 0 Å². The Morgan fingerprint density at radius 1 is 1.22 bits per heavy atom. The molecule has 1 unspecified atom stereocenters. The molecule has 7 heteroatoms. The van der Waals surface area contributed by atoms with Gasteiger partial charge in [-0.25, -0.2) is 22.4 Å².